The summed E-state index contributed by atoms with van der Waals surface area (Å²) in [7, 11) is 1.63. The van der Waals surface area contributed by atoms with Crippen LogP contribution in [0.3, 0.4) is 0 Å². The molecule has 1 aliphatic rings. The number of H-pyrrole nitrogens is 1. The van der Waals surface area contributed by atoms with Gasteiger partial charge in [-0.25, -0.2) is 0 Å². The number of amides is 1. The van der Waals surface area contributed by atoms with Crippen LogP contribution in [0.2, 0.25) is 0 Å². The summed E-state index contributed by atoms with van der Waals surface area (Å²) in [5, 5.41) is 6.44. The molecule has 0 spiro atoms. The smallest absolute Gasteiger partial charge is 0.248 e. The van der Waals surface area contributed by atoms with Crippen molar-refractivity contribution in [3.8, 4) is 5.75 Å². The van der Waals surface area contributed by atoms with Gasteiger partial charge in [-0.15, -0.1) is 0 Å². The number of aromatic amines is 1. The third-order valence-electron chi connectivity index (χ3n) is 1.99. The van der Waals surface area contributed by atoms with Gasteiger partial charge in [-0.3, -0.25) is 14.8 Å². The number of likely N-dealkylation sites (N-methyl/N-ethyl adjacent to an activating group) is 1. The van der Waals surface area contributed by atoms with Crippen molar-refractivity contribution < 1.29 is 9.53 Å². The highest BCUT2D eigenvalue weighted by Gasteiger charge is 2.27. The highest BCUT2D eigenvalue weighted by atomic mass is 16.5. The number of fused-ring (bicyclic) bond motifs is 1. The second-order valence-electron chi connectivity index (χ2n) is 2.90. The van der Waals surface area contributed by atoms with Crippen LogP contribution in [0.25, 0.3) is 0 Å². The van der Waals surface area contributed by atoms with Gasteiger partial charge in [-0.05, 0) is 0 Å². The van der Waals surface area contributed by atoms with Crippen LogP contribution in [0, 0.1) is 0 Å². The molecular formula is C7H10N4O2. The summed E-state index contributed by atoms with van der Waals surface area (Å²) in [5.41, 5.74) is 5.56. The summed E-state index contributed by atoms with van der Waals surface area (Å²) in [4.78, 5) is 12.9. The van der Waals surface area contributed by atoms with E-state index in [0.29, 0.717) is 11.6 Å². The van der Waals surface area contributed by atoms with Gasteiger partial charge in [0.25, 0.3) is 0 Å². The van der Waals surface area contributed by atoms with Crippen molar-refractivity contribution in [3.63, 3.8) is 0 Å². The molecule has 1 amide bonds. The second-order valence-corrected chi connectivity index (χ2v) is 2.90. The Morgan fingerprint density at radius 3 is 3.38 bits per heavy atom. The Balaban J connectivity index is 2.40. The Hall–Kier alpha value is -1.56. The van der Waals surface area contributed by atoms with E-state index in [1.165, 1.54) is 11.1 Å². The van der Waals surface area contributed by atoms with E-state index in [1.54, 1.807) is 7.05 Å². The standard InChI is InChI=1S/C7H10N4O2/c1-11-6-5(2-9-10-6)13-3-4(8)7(11)12/h2,4H,3,8H2,1H3,(H,9,10). The number of ether oxygens (including phenoxy) is 1. The number of nitrogens with one attached hydrogen (secondary N) is 1. The number of carbonyl (C=O) groups excluding carboxylic acids is 1. The molecule has 1 aromatic rings. The van der Waals surface area contributed by atoms with Crippen LogP contribution >= 0.6 is 0 Å². The molecule has 70 valence electrons. The van der Waals surface area contributed by atoms with Gasteiger partial charge in [0.15, 0.2) is 11.6 Å². The first-order chi connectivity index (χ1) is 6.20. The molecule has 13 heavy (non-hydrogen) atoms. The fourth-order valence-corrected chi connectivity index (χ4v) is 1.22. The summed E-state index contributed by atoms with van der Waals surface area (Å²) in [6.45, 7) is 0.190. The molecule has 1 aliphatic heterocycles. The van der Waals surface area contributed by atoms with Crippen molar-refractivity contribution in [1.82, 2.24) is 10.2 Å². The summed E-state index contributed by atoms with van der Waals surface area (Å²) in [6, 6.07) is -0.606. The number of nitrogens with two attached hydrogens (primary N) is 1. The first-order valence-electron chi connectivity index (χ1n) is 3.89. The Morgan fingerprint density at radius 2 is 2.62 bits per heavy atom. The summed E-state index contributed by atoms with van der Waals surface area (Å²) in [6.07, 6.45) is 1.52. The molecule has 1 unspecified atom stereocenters. The average Bonchev–Trinajstić information content (AvgIpc) is 2.56. The lowest BCUT2D eigenvalue weighted by Gasteiger charge is -2.14. The maximum Gasteiger partial charge on any atom is 0.248 e. The number of hydrogen-bond donors (Lipinski definition) is 2. The van der Waals surface area contributed by atoms with E-state index in [-0.39, 0.29) is 12.5 Å². The van der Waals surface area contributed by atoms with Crippen LogP contribution in [0.15, 0.2) is 6.20 Å². The molecule has 0 aliphatic carbocycles. The molecule has 0 radical (unpaired) electrons. The van der Waals surface area contributed by atoms with Crippen molar-refractivity contribution in [3.05, 3.63) is 6.20 Å². The number of carbonyl (C=O) groups is 1. The topological polar surface area (TPSA) is 84.2 Å². The van der Waals surface area contributed by atoms with E-state index in [0.717, 1.165) is 0 Å². The highest BCUT2D eigenvalue weighted by molar-refractivity contribution is 5.97. The highest BCUT2D eigenvalue weighted by Crippen LogP contribution is 2.26. The minimum atomic E-state index is -0.606. The molecule has 2 heterocycles. The second kappa shape index (κ2) is 2.74. The van der Waals surface area contributed by atoms with Crippen molar-refractivity contribution >= 4 is 11.7 Å². The summed E-state index contributed by atoms with van der Waals surface area (Å²) >= 11 is 0. The molecule has 0 saturated heterocycles. The van der Waals surface area contributed by atoms with Gasteiger partial charge in [0.05, 0.1) is 6.20 Å². The molecule has 6 heteroatoms. The monoisotopic (exact) mass is 182 g/mol. The predicted octanol–water partition coefficient (Wildman–Crippen LogP) is -0.908. The average molecular weight is 182 g/mol. The minimum absolute atomic E-state index is 0.178. The molecule has 1 aromatic heterocycles. The normalized spacial score (nSPS) is 22.2. The van der Waals surface area contributed by atoms with E-state index in [4.69, 9.17) is 10.5 Å². The van der Waals surface area contributed by atoms with Crippen LogP contribution in [0.1, 0.15) is 0 Å². The zero-order chi connectivity index (χ0) is 9.42. The van der Waals surface area contributed by atoms with Gasteiger partial charge in [0, 0.05) is 7.05 Å². The molecule has 0 bridgehead atoms. The van der Waals surface area contributed by atoms with Crippen molar-refractivity contribution in [1.29, 1.82) is 0 Å². The quantitative estimate of drug-likeness (QED) is 0.544. The molecule has 0 aromatic carbocycles. The predicted molar refractivity (Wildman–Crippen MR) is 45.5 cm³/mol. The van der Waals surface area contributed by atoms with Crippen LogP contribution in [-0.4, -0.2) is 35.8 Å². The molecule has 3 N–H and O–H groups in total. The van der Waals surface area contributed by atoms with E-state index in [2.05, 4.69) is 10.2 Å². The maximum absolute atomic E-state index is 11.5. The van der Waals surface area contributed by atoms with E-state index in [9.17, 15) is 4.79 Å². The van der Waals surface area contributed by atoms with Crippen LogP contribution in [0.5, 0.6) is 5.75 Å². The number of rotatable bonds is 0. The fourth-order valence-electron chi connectivity index (χ4n) is 1.22. The number of anilines is 1. The first-order valence-corrected chi connectivity index (χ1v) is 3.89. The fraction of sp³-hybridized carbons (Fsp3) is 0.429. The lowest BCUT2D eigenvalue weighted by molar-refractivity contribution is -0.119. The molecular weight excluding hydrogens is 172 g/mol. The zero-order valence-electron chi connectivity index (χ0n) is 7.15. The Bertz CT molecular complexity index is 335. The SMILES string of the molecule is CN1C(=O)C(N)COc2cn[nH]c21. The summed E-state index contributed by atoms with van der Waals surface area (Å²) < 4.78 is 5.26. The molecule has 2 rings (SSSR count). The van der Waals surface area contributed by atoms with Gasteiger partial charge in [0.2, 0.25) is 5.91 Å². The van der Waals surface area contributed by atoms with E-state index < -0.39 is 6.04 Å². The van der Waals surface area contributed by atoms with Crippen LogP contribution < -0.4 is 15.4 Å². The van der Waals surface area contributed by atoms with Gasteiger partial charge in [-0.2, -0.15) is 5.10 Å². The Labute approximate surface area is 74.7 Å². The minimum Gasteiger partial charge on any atom is -0.486 e. The molecule has 1 atom stereocenters. The van der Waals surface area contributed by atoms with Crippen molar-refractivity contribution in [2.24, 2.45) is 5.73 Å². The molecule has 0 saturated carbocycles. The lowest BCUT2D eigenvalue weighted by Crippen LogP contribution is -2.43. The summed E-state index contributed by atoms with van der Waals surface area (Å²) in [5.74, 6) is 0.935. The van der Waals surface area contributed by atoms with Gasteiger partial charge < -0.3 is 10.5 Å². The third kappa shape index (κ3) is 1.15. The number of aromatic nitrogens is 2. The van der Waals surface area contributed by atoms with Gasteiger partial charge in [0.1, 0.15) is 12.6 Å². The Morgan fingerprint density at radius 1 is 1.85 bits per heavy atom. The maximum atomic E-state index is 11.5. The molecule has 0 fully saturated rings. The van der Waals surface area contributed by atoms with Crippen molar-refractivity contribution in [2.75, 3.05) is 18.6 Å². The van der Waals surface area contributed by atoms with Crippen LogP contribution in [-0.2, 0) is 4.79 Å². The van der Waals surface area contributed by atoms with E-state index in [1.807, 2.05) is 0 Å². The van der Waals surface area contributed by atoms with Gasteiger partial charge >= 0.3 is 0 Å². The van der Waals surface area contributed by atoms with Crippen molar-refractivity contribution in [2.45, 2.75) is 6.04 Å². The lowest BCUT2D eigenvalue weighted by atomic mass is 10.3. The largest absolute Gasteiger partial charge is 0.486 e. The zero-order valence-corrected chi connectivity index (χ0v) is 7.15. The van der Waals surface area contributed by atoms with Gasteiger partial charge in [-0.1, -0.05) is 0 Å². The number of hydrogen-bond acceptors (Lipinski definition) is 4. The third-order valence-corrected chi connectivity index (χ3v) is 1.99. The van der Waals surface area contributed by atoms with Crippen LogP contribution in [0.4, 0.5) is 5.82 Å². The number of nitrogens with zero attached hydrogens (tertiary/aromatic N) is 2. The first kappa shape index (κ1) is 8.06. The van der Waals surface area contributed by atoms with E-state index >= 15 is 0 Å². The Kier molecular flexibility index (Phi) is 1.70. The molecule has 6 nitrogen and oxygen atoms in total.